The zero-order valence-electron chi connectivity index (χ0n) is 11.4. The molecule has 1 heterocycles. The number of ether oxygens (including phenoxy) is 1. The summed E-state index contributed by atoms with van der Waals surface area (Å²) in [5, 5.41) is 9.07. The maximum absolute atomic E-state index is 12.1. The van der Waals surface area contributed by atoms with Crippen molar-refractivity contribution in [3.8, 4) is 5.75 Å². The van der Waals surface area contributed by atoms with Gasteiger partial charge in [0.05, 0.1) is 10.4 Å². The van der Waals surface area contributed by atoms with Gasteiger partial charge in [0.2, 0.25) is 0 Å². The van der Waals surface area contributed by atoms with E-state index in [1.165, 1.54) is 0 Å². The zero-order chi connectivity index (χ0) is 15.6. The van der Waals surface area contributed by atoms with E-state index >= 15 is 0 Å². The molecule has 21 heavy (non-hydrogen) atoms. The highest BCUT2D eigenvalue weighted by atomic mass is 79.9. The lowest BCUT2D eigenvalue weighted by atomic mass is 9.99. The number of benzene rings is 1. The van der Waals surface area contributed by atoms with Crippen molar-refractivity contribution in [2.75, 3.05) is 19.7 Å². The van der Waals surface area contributed by atoms with E-state index in [0.717, 1.165) is 8.95 Å². The van der Waals surface area contributed by atoms with Crippen LogP contribution in [0.25, 0.3) is 0 Å². The molecular weight excluding hydrogens is 406 g/mol. The lowest BCUT2D eigenvalue weighted by Gasteiger charge is -2.16. The zero-order valence-corrected chi connectivity index (χ0v) is 14.6. The van der Waals surface area contributed by atoms with Gasteiger partial charge in [-0.2, -0.15) is 0 Å². The van der Waals surface area contributed by atoms with Crippen molar-refractivity contribution in [3.05, 3.63) is 27.1 Å². The average molecular weight is 421 g/mol. The molecule has 2 atom stereocenters. The Morgan fingerprint density at radius 1 is 1.38 bits per heavy atom. The van der Waals surface area contributed by atoms with Crippen molar-refractivity contribution in [3.63, 3.8) is 0 Å². The number of aliphatic carboxylic acids is 1. The van der Waals surface area contributed by atoms with E-state index in [1.54, 1.807) is 11.0 Å². The summed E-state index contributed by atoms with van der Waals surface area (Å²) in [6.45, 7) is 2.46. The maximum atomic E-state index is 12.1. The van der Waals surface area contributed by atoms with Crippen molar-refractivity contribution in [2.24, 2.45) is 11.8 Å². The molecule has 0 unspecified atom stereocenters. The first-order valence-electron chi connectivity index (χ1n) is 6.47. The van der Waals surface area contributed by atoms with Crippen molar-refractivity contribution < 1.29 is 19.4 Å². The van der Waals surface area contributed by atoms with Crippen LogP contribution in [0.3, 0.4) is 0 Å². The molecule has 5 nitrogen and oxygen atoms in total. The third-order valence-corrected chi connectivity index (χ3v) is 4.64. The number of likely N-dealkylation sites (tertiary alicyclic amines) is 1. The summed E-state index contributed by atoms with van der Waals surface area (Å²) < 4.78 is 7.15. The second-order valence-corrected chi connectivity index (χ2v) is 6.85. The van der Waals surface area contributed by atoms with Gasteiger partial charge in [0.15, 0.2) is 6.61 Å². The molecule has 0 spiro atoms. The quantitative estimate of drug-likeness (QED) is 0.813. The summed E-state index contributed by atoms with van der Waals surface area (Å²) in [4.78, 5) is 24.7. The number of carboxylic acids is 1. The molecule has 0 bridgehead atoms. The largest absolute Gasteiger partial charge is 0.483 e. The maximum Gasteiger partial charge on any atom is 0.308 e. The molecular formula is C14H15Br2NO4. The minimum atomic E-state index is -0.852. The van der Waals surface area contributed by atoms with E-state index in [-0.39, 0.29) is 25.0 Å². The summed E-state index contributed by atoms with van der Waals surface area (Å²) in [6, 6.07) is 5.41. The highest BCUT2D eigenvalue weighted by Gasteiger charge is 2.36. The summed E-state index contributed by atoms with van der Waals surface area (Å²) >= 11 is 6.70. The molecule has 1 aromatic rings. The van der Waals surface area contributed by atoms with Gasteiger partial charge < -0.3 is 14.7 Å². The third kappa shape index (κ3) is 3.97. The van der Waals surface area contributed by atoms with Gasteiger partial charge in [-0.3, -0.25) is 9.59 Å². The van der Waals surface area contributed by atoms with E-state index in [2.05, 4.69) is 31.9 Å². The molecule has 1 aliphatic rings. The molecule has 1 amide bonds. The van der Waals surface area contributed by atoms with Crippen LogP contribution in [0.1, 0.15) is 6.92 Å². The molecule has 0 saturated carbocycles. The summed E-state index contributed by atoms with van der Waals surface area (Å²) in [6.07, 6.45) is 0. The van der Waals surface area contributed by atoms with Crippen LogP contribution in [0.5, 0.6) is 5.75 Å². The van der Waals surface area contributed by atoms with Crippen LogP contribution in [-0.4, -0.2) is 41.6 Å². The van der Waals surface area contributed by atoms with Crippen molar-refractivity contribution in [1.82, 2.24) is 4.90 Å². The molecule has 2 rings (SSSR count). The normalized spacial score (nSPS) is 21.4. The van der Waals surface area contributed by atoms with Crippen LogP contribution in [-0.2, 0) is 9.59 Å². The Bertz CT molecular complexity index is 564. The summed E-state index contributed by atoms with van der Waals surface area (Å²) in [7, 11) is 0. The number of halogens is 2. The molecule has 1 aromatic carbocycles. The monoisotopic (exact) mass is 419 g/mol. The van der Waals surface area contributed by atoms with Crippen molar-refractivity contribution in [1.29, 1.82) is 0 Å². The Kier molecular flexibility index (Phi) is 5.27. The second-order valence-electron chi connectivity index (χ2n) is 5.08. The van der Waals surface area contributed by atoms with Crippen LogP contribution >= 0.6 is 31.9 Å². The molecule has 0 aromatic heterocycles. The van der Waals surface area contributed by atoms with E-state index in [0.29, 0.717) is 12.3 Å². The van der Waals surface area contributed by atoms with Crippen LogP contribution in [0.4, 0.5) is 0 Å². The van der Waals surface area contributed by atoms with Crippen LogP contribution in [0, 0.1) is 11.8 Å². The van der Waals surface area contributed by atoms with Gasteiger partial charge in [-0.25, -0.2) is 0 Å². The van der Waals surface area contributed by atoms with Crippen LogP contribution < -0.4 is 4.74 Å². The van der Waals surface area contributed by atoms with Crippen molar-refractivity contribution in [2.45, 2.75) is 6.92 Å². The number of nitrogens with zero attached hydrogens (tertiary/aromatic N) is 1. The molecule has 1 fully saturated rings. The number of hydrogen-bond acceptors (Lipinski definition) is 3. The number of rotatable bonds is 4. The van der Waals surface area contributed by atoms with Gasteiger partial charge in [0, 0.05) is 17.6 Å². The number of carbonyl (C=O) groups is 2. The smallest absolute Gasteiger partial charge is 0.308 e. The fraction of sp³-hybridized carbons (Fsp3) is 0.429. The Labute approximate surface area is 139 Å². The first-order chi connectivity index (χ1) is 9.88. The highest BCUT2D eigenvalue weighted by molar-refractivity contribution is 9.11. The molecule has 1 saturated heterocycles. The minimum Gasteiger partial charge on any atom is -0.483 e. The minimum absolute atomic E-state index is 0.0362. The topological polar surface area (TPSA) is 66.8 Å². The lowest BCUT2D eigenvalue weighted by Crippen LogP contribution is -2.33. The van der Waals surface area contributed by atoms with Gasteiger partial charge in [0.1, 0.15) is 5.75 Å². The van der Waals surface area contributed by atoms with Crippen molar-refractivity contribution >= 4 is 43.7 Å². The molecule has 1 aliphatic heterocycles. The van der Waals surface area contributed by atoms with E-state index in [4.69, 9.17) is 9.84 Å². The Morgan fingerprint density at radius 3 is 2.67 bits per heavy atom. The highest BCUT2D eigenvalue weighted by Crippen LogP contribution is 2.28. The molecule has 0 aliphatic carbocycles. The third-order valence-electron chi connectivity index (χ3n) is 3.53. The average Bonchev–Trinajstić information content (AvgIpc) is 2.80. The predicted molar refractivity (Wildman–Crippen MR) is 84.2 cm³/mol. The predicted octanol–water partition coefficient (Wildman–Crippen LogP) is 2.77. The molecule has 114 valence electrons. The number of carbonyl (C=O) groups excluding carboxylic acids is 1. The van der Waals surface area contributed by atoms with Gasteiger partial charge in [0.25, 0.3) is 5.91 Å². The Morgan fingerprint density at radius 2 is 2.10 bits per heavy atom. The standard InChI is InChI=1S/C14H15Br2NO4/c1-8-5-17(6-10(8)14(19)20)13(18)7-21-12-3-2-9(15)4-11(12)16/h2-4,8,10H,5-7H2,1H3,(H,19,20)/t8-,10-/m1/s1. The number of hydrogen-bond donors (Lipinski definition) is 1. The molecule has 7 heteroatoms. The fourth-order valence-electron chi connectivity index (χ4n) is 2.31. The second kappa shape index (κ2) is 6.79. The van der Waals surface area contributed by atoms with E-state index in [9.17, 15) is 9.59 Å². The van der Waals surface area contributed by atoms with Gasteiger partial charge in [-0.05, 0) is 40.0 Å². The fourth-order valence-corrected chi connectivity index (χ4v) is 3.48. The van der Waals surface area contributed by atoms with E-state index < -0.39 is 11.9 Å². The Hall–Kier alpha value is -1.08. The molecule has 1 N–H and O–H groups in total. The number of amides is 1. The first-order valence-corrected chi connectivity index (χ1v) is 8.05. The van der Waals surface area contributed by atoms with E-state index in [1.807, 2.05) is 19.1 Å². The number of carboxylic acid groups (broad SMARTS) is 1. The van der Waals surface area contributed by atoms with Gasteiger partial charge >= 0.3 is 5.97 Å². The summed E-state index contributed by atoms with van der Waals surface area (Å²) in [5.74, 6) is -0.998. The van der Waals surface area contributed by atoms with Crippen LogP contribution in [0.15, 0.2) is 27.1 Å². The summed E-state index contributed by atoms with van der Waals surface area (Å²) in [5.41, 5.74) is 0. The lowest BCUT2D eigenvalue weighted by molar-refractivity contribution is -0.142. The van der Waals surface area contributed by atoms with Crippen LogP contribution in [0.2, 0.25) is 0 Å². The van der Waals surface area contributed by atoms with Gasteiger partial charge in [-0.1, -0.05) is 22.9 Å². The molecule has 0 radical (unpaired) electrons. The SMILES string of the molecule is C[C@@H]1CN(C(=O)COc2ccc(Br)cc2Br)C[C@H]1C(=O)O. The first kappa shape index (κ1) is 16.3. The Balaban J connectivity index is 1.92. The van der Waals surface area contributed by atoms with Gasteiger partial charge in [-0.15, -0.1) is 0 Å².